The minimum absolute atomic E-state index is 0.171. The molecule has 3 aromatic rings. The predicted molar refractivity (Wildman–Crippen MR) is 132 cm³/mol. The monoisotopic (exact) mass is 580 g/mol. The first kappa shape index (κ1) is 24.1. The third-order valence-electron chi connectivity index (χ3n) is 4.18. The van der Waals surface area contributed by atoms with E-state index in [1.807, 2.05) is 36.4 Å². The van der Waals surface area contributed by atoms with Crippen molar-refractivity contribution in [3.8, 4) is 17.2 Å². The number of ether oxygens (including phenoxy) is 3. The summed E-state index contributed by atoms with van der Waals surface area (Å²) in [5.74, 6) is 1.28. The molecule has 0 aromatic heterocycles. The summed E-state index contributed by atoms with van der Waals surface area (Å²) < 4.78 is 18.4. The van der Waals surface area contributed by atoms with E-state index in [0.717, 1.165) is 20.1 Å². The summed E-state index contributed by atoms with van der Waals surface area (Å²) in [5, 5.41) is 4.60. The van der Waals surface area contributed by atoms with E-state index in [9.17, 15) is 4.79 Å². The Hall–Kier alpha value is -2.55. The van der Waals surface area contributed by atoms with Crippen LogP contribution in [0.15, 0.2) is 74.7 Å². The normalized spacial score (nSPS) is 10.8. The number of methoxy groups -OCH3 is 1. The molecule has 0 aliphatic rings. The van der Waals surface area contributed by atoms with Crippen molar-refractivity contribution < 1.29 is 19.0 Å². The van der Waals surface area contributed by atoms with Gasteiger partial charge in [-0.25, -0.2) is 5.43 Å². The third-order valence-corrected chi connectivity index (χ3v) is 5.67. The topological polar surface area (TPSA) is 69.2 Å². The molecular formula is C23H19Br2ClN2O4. The number of rotatable bonds is 9. The first-order valence-corrected chi connectivity index (χ1v) is 11.4. The maximum Gasteiger partial charge on any atom is 0.277 e. The maximum atomic E-state index is 12.0. The second-order valence-electron chi connectivity index (χ2n) is 6.45. The molecule has 0 unspecified atom stereocenters. The van der Waals surface area contributed by atoms with Crippen molar-refractivity contribution in [1.82, 2.24) is 5.43 Å². The van der Waals surface area contributed by atoms with E-state index in [4.69, 9.17) is 25.8 Å². The average molecular weight is 583 g/mol. The van der Waals surface area contributed by atoms with Gasteiger partial charge in [0.05, 0.1) is 17.8 Å². The number of carbonyl (C=O) groups is 1. The summed E-state index contributed by atoms with van der Waals surface area (Å²) in [6.45, 7) is 0.143. The largest absolute Gasteiger partial charge is 0.493 e. The number of nitrogens with zero attached hydrogens (tertiary/aromatic N) is 1. The Morgan fingerprint density at radius 3 is 2.56 bits per heavy atom. The molecule has 0 saturated heterocycles. The number of carbonyl (C=O) groups excluding carboxylic acids is 1. The molecule has 0 fully saturated rings. The Kier molecular flexibility index (Phi) is 8.96. The van der Waals surface area contributed by atoms with Gasteiger partial charge in [-0.1, -0.05) is 45.7 Å². The lowest BCUT2D eigenvalue weighted by Gasteiger charge is -2.12. The van der Waals surface area contributed by atoms with Gasteiger partial charge in [-0.3, -0.25) is 4.79 Å². The molecule has 0 saturated carbocycles. The summed E-state index contributed by atoms with van der Waals surface area (Å²) in [6, 6.07) is 18.2. The Bertz CT molecular complexity index is 1120. The van der Waals surface area contributed by atoms with Crippen LogP contribution in [0.2, 0.25) is 5.02 Å². The minimum atomic E-state index is -0.386. The predicted octanol–water partition coefficient (Wildman–Crippen LogP) is 5.98. The SMILES string of the molecule is COc1cc(/C=N/NC(=O)COc2ccc(Br)cc2Br)ccc1OCc1ccccc1Cl. The summed E-state index contributed by atoms with van der Waals surface area (Å²) in [7, 11) is 1.55. The van der Waals surface area contributed by atoms with E-state index in [1.54, 1.807) is 31.4 Å². The number of hydrazone groups is 1. The lowest BCUT2D eigenvalue weighted by atomic mass is 10.2. The molecule has 9 heteroatoms. The van der Waals surface area contributed by atoms with Gasteiger partial charge in [0, 0.05) is 15.1 Å². The van der Waals surface area contributed by atoms with Gasteiger partial charge in [0.1, 0.15) is 12.4 Å². The van der Waals surface area contributed by atoms with Gasteiger partial charge in [0.15, 0.2) is 18.1 Å². The number of hydrogen-bond donors (Lipinski definition) is 1. The molecule has 6 nitrogen and oxygen atoms in total. The van der Waals surface area contributed by atoms with Gasteiger partial charge in [0.25, 0.3) is 5.91 Å². The number of halogens is 3. The van der Waals surface area contributed by atoms with E-state index in [2.05, 4.69) is 42.4 Å². The van der Waals surface area contributed by atoms with Crippen LogP contribution in [0.3, 0.4) is 0 Å². The highest BCUT2D eigenvalue weighted by Gasteiger charge is 2.08. The Morgan fingerprint density at radius 2 is 1.81 bits per heavy atom. The zero-order chi connectivity index (χ0) is 22.9. The highest BCUT2D eigenvalue weighted by Crippen LogP contribution is 2.29. The van der Waals surface area contributed by atoms with Crippen LogP contribution in [-0.2, 0) is 11.4 Å². The summed E-state index contributed by atoms with van der Waals surface area (Å²) in [6.07, 6.45) is 1.51. The van der Waals surface area contributed by atoms with E-state index >= 15 is 0 Å². The quantitative estimate of drug-likeness (QED) is 0.249. The summed E-state index contributed by atoms with van der Waals surface area (Å²) >= 11 is 12.9. The van der Waals surface area contributed by atoms with Crippen LogP contribution >= 0.6 is 43.5 Å². The van der Waals surface area contributed by atoms with E-state index in [0.29, 0.717) is 28.9 Å². The molecule has 3 rings (SSSR count). The highest BCUT2D eigenvalue weighted by molar-refractivity contribution is 9.11. The van der Waals surface area contributed by atoms with Crippen LogP contribution in [-0.4, -0.2) is 25.8 Å². The minimum Gasteiger partial charge on any atom is -0.493 e. The third kappa shape index (κ3) is 6.98. The van der Waals surface area contributed by atoms with Crippen LogP contribution < -0.4 is 19.6 Å². The zero-order valence-corrected chi connectivity index (χ0v) is 20.9. The molecule has 0 radical (unpaired) electrons. The maximum absolute atomic E-state index is 12.0. The second-order valence-corrected chi connectivity index (χ2v) is 8.62. The molecule has 1 amide bonds. The van der Waals surface area contributed by atoms with Crippen LogP contribution in [0.25, 0.3) is 0 Å². The molecule has 0 atom stereocenters. The Labute approximate surface area is 207 Å². The van der Waals surface area contributed by atoms with Crippen LogP contribution in [0.5, 0.6) is 17.2 Å². The van der Waals surface area contributed by atoms with Crippen molar-refractivity contribution in [2.75, 3.05) is 13.7 Å². The number of nitrogens with one attached hydrogen (secondary N) is 1. The fraction of sp³-hybridized carbons (Fsp3) is 0.130. The number of amides is 1. The summed E-state index contributed by atoms with van der Waals surface area (Å²) in [5.41, 5.74) is 4.03. The van der Waals surface area contributed by atoms with Crippen molar-refractivity contribution in [3.05, 3.63) is 85.8 Å². The average Bonchev–Trinajstić information content (AvgIpc) is 2.78. The molecular weight excluding hydrogens is 564 g/mol. The number of hydrogen-bond acceptors (Lipinski definition) is 5. The fourth-order valence-electron chi connectivity index (χ4n) is 2.60. The van der Waals surface area contributed by atoms with Crippen molar-refractivity contribution in [3.63, 3.8) is 0 Å². The zero-order valence-electron chi connectivity index (χ0n) is 17.0. The van der Waals surface area contributed by atoms with Gasteiger partial charge in [0.2, 0.25) is 0 Å². The smallest absolute Gasteiger partial charge is 0.277 e. The van der Waals surface area contributed by atoms with Crippen molar-refractivity contribution in [2.45, 2.75) is 6.61 Å². The van der Waals surface area contributed by atoms with Gasteiger partial charge < -0.3 is 14.2 Å². The standard InChI is InChI=1S/C23H19Br2ClN2O4/c1-30-22-10-15(6-8-21(22)31-13-16-4-2-3-5-19(16)26)12-27-28-23(29)14-32-20-9-7-17(24)11-18(20)25/h2-12H,13-14H2,1H3,(H,28,29)/b27-12+. The van der Waals surface area contributed by atoms with E-state index in [-0.39, 0.29) is 12.5 Å². The summed E-state index contributed by atoms with van der Waals surface area (Å²) in [4.78, 5) is 12.0. The second kappa shape index (κ2) is 11.9. The first-order chi connectivity index (χ1) is 15.5. The van der Waals surface area contributed by atoms with Crippen LogP contribution in [0.1, 0.15) is 11.1 Å². The molecule has 32 heavy (non-hydrogen) atoms. The van der Waals surface area contributed by atoms with E-state index < -0.39 is 0 Å². The lowest BCUT2D eigenvalue weighted by molar-refractivity contribution is -0.123. The molecule has 3 aromatic carbocycles. The fourth-order valence-corrected chi connectivity index (χ4v) is 3.95. The molecule has 166 valence electrons. The van der Waals surface area contributed by atoms with Gasteiger partial charge in [-0.15, -0.1) is 0 Å². The number of benzene rings is 3. The molecule has 0 heterocycles. The van der Waals surface area contributed by atoms with Crippen molar-refractivity contribution in [1.29, 1.82) is 0 Å². The van der Waals surface area contributed by atoms with E-state index in [1.165, 1.54) is 6.21 Å². The van der Waals surface area contributed by atoms with Gasteiger partial charge in [-0.2, -0.15) is 5.10 Å². The van der Waals surface area contributed by atoms with Crippen LogP contribution in [0.4, 0.5) is 0 Å². The van der Waals surface area contributed by atoms with Gasteiger partial charge >= 0.3 is 0 Å². The lowest BCUT2D eigenvalue weighted by Crippen LogP contribution is -2.24. The Balaban J connectivity index is 1.53. The highest BCUT2D eigenvalue weighted by atomic mass is 79.9. The van der Waals surface area contributed by atoms with Crippen molar-refractivity contribution >= 4 is 55.6 Å². The molecule has 0 spiro atoms. The van der Waals surface area contributed by atoms with Crippen LogP contribution in [0, 0.1) is 0 Å². The molecule has 0 aliphatic carbocycles. The van der Waals surface area contributed by atoms with Crippen molar-refractivity contribution in [2.24, 2.45) is 5.10 Å². The molecule has 0 aliphatic heterocycles. The molecule has 1 N–H and O–H groups in total. The first-order valence-electron chi connectivity index (χ1n) is 9.40. The van der Waals surface area contributed by atoms with Gasteiger partial charge in [-0.05, 0) is 64.0 Å². The Morgan fingerprint density at radius 1 is 1.03 bits per heavy atom. The molecule has 0 bridgehead atoms.